The summed E-state index contributed by atoms with van der Waals surface area (Å²) in [7, 11) is 0. The molecule has 1 aromatic heterocycles. The van der Waals surface area contributed by atoms with E-state index in [1.807, 2.05) is 25.1 Å². The molecule has 0 aliphatic carbocycles. The molecule has 18 heavy (non-hydrogen) atoms. The standard InChI is InChI=1S/C14H18N4/c1-11-7-9-16-14(17-11)18-13-6-2-4-12(10-13)5-3-8-15/h2,4,6-7,9-10H,3,5,8,15H2,1H3,(H,16,17,18). The molecule has 94 valence electrons. The highest BCUT2D eigenvalue weighted by Crippen LogP contribution is 2.15. The fourth-order valence-corrected chi connectivity index (χ4v) is 1.75. The predicted molar refractivity (Wildman–Crippen MR) is 73.9 cm³/mol. The van der Waals surface area contributed by atoms with E-state index in [4.69, 9.17) is 5.73 Å². The van der Waals surface area contributed by atoms with Gasteiger partial charge in [-0.3, -0.25) is 0 Å². The topological polar surface area (TPSA) is 63.8 Å². The predicted octanol–water partition coefficient (Wildman–Crippen LogP) is 2.42. The van der Waals surface area contributed by atoms with Crippen molar-refractivity contribution in [1.82, 2.24) is 9.97 Å². The van der Waals surface area contributed by atoms with Gasteiger partial charge in [0.1, 0.15) is 0 Å². The van der Waals surface area contributed by atoms with Crippen LogP contribution in [0.4, 0.5) is 11.6 Å². The Hall–Kier alpha value is -1.94. The molecule has 3 N–H and O–H groups in total. The number of aromatic nitrogens is 2. The molecule has 0 saturated heterocycles. The lowest BCUT2D eigenvalue weighted by Crippen LogP contribution is -2.01. The van der Waals surface area contributed by atoms with E-state index in [1.165, 1.54) is 5.56 Å². The van der Waals surface area contributed by atoms with Gasteiger partial charge in [-0.15, -0.1) is 0 Å². The molecule has 0 aliphatic heterocycles. The lowest BCUT2D eigenvalue weighted by Gasteiger charge is -2.07. The summed E-state index contributed by atoms with van der Waals surface area (Å²) >= 11 is 0. The first kappa shape index (κ1) is 12.5. The Morgan fingerprint density at radius 1 is 1.28 bits per heavy atom. The van der Waals surface area contributed by atoms with Gasteiger partial charge in [0, 0.05) is 17.6 Å². The maximum atomic E-state index is 5.52. The van der Waals surface area contributed by atoms with Gasteiger partial charge in [-0.05, 0) is 50.1 Å². The molecule has 0 spiro atoms. The van der Waals surface area contributed by atoms with Crippen molar-refractivity contribution in [2.45, 2.75) is 19.8 Å². The van der Waals surface area contributed by atoms with Crippen molar-refractivity contribution < 1.29 is 0 Å². The summed E-state index contributed by atoms with van der Waals surface area (Å²) in [6, 6.07) is 10.1. The number of hydrogen-bond acceptors (Lipinski definition) is 4. The number of anilines is 2. The van der Waals surface area contributed by atoms with Gasteiger partial charge in [-0.1, -0.05) is 12.1 Å². The van der Waals surface area contributed by atoms with Gasteiger partial charge in [0.15, 0.2) is 0 Å². The first-order chi connectivity index (χ1) is 8.78. The third-order valence-electron chi connectivity index (χ3n) is 2.65. The molecule has 0 aliphatic rings. The fourth-order valence-electron chi connectivity index (χ4n) is 1.75. The van der Waals surface area contributed by atoms with Crippen LogP contribution in [-0.2, 0) is 6.42 Å². The smallest absolute Gasteiger partial charge is 0.227 e. The average Bonchev–Trinajstić information content (AvgIpc) is 2.37. The van der Waals surface area contributed by atoms with E-state index in [-0.39, 0.29) is 0 Å². The van der Waals surface area contributed by atoms with Crippen molar-refractivity contribution in [2.24, 2.45) is 5.73 Å². The maximum absolute atomic E-state index is 5.52. The summed E-state index contributed by atoms with van der Waals surface area (Å²) in [5.74, 6) is 0.631. The van der Waals surface area contributed by atoms with Gasteiger partial charge in [0.05, 0.1) is 0 Å². The lowest BCUT2D eigenvalue weighted by atomic mass is 10.1. The van der Waals surface area contributed by atoms with E-state index < -0.39 is 0 Å². The van der Waals surface area contributed by atoms with Crippen molar-refractivity contribution in [2.75, 3.05) is 11.9 Å². The maximum Gasteiger partial charge on any atom is 0.227 e. The Morgan fingerprint density at radius 3 is 2.94 bits per heavy atom. The normalized spacial score (nSPS) is 10.3. The second kappa shape index (κ2) is 6.12. The summed E-state index contributed by atoms with van der Waals surface area (Å²) in [6.07, 6.45) is 3.76. The fraction of sp³-hybridized carbons (Fsp3) is 0.286. The summed E-state index contributed by atoms with van der Waals surface area (Å²) < 4.78 is 0. The number of nitrogens with zero attached hydrogens (tertiary/aromatic N) is 2. The first-order valence-electron chi connectivity index (χ1n) is 6.13. The molecule has 2 aromatic rings. The highest BCUT2D eigenvalue weighted by molar-refractivity contribution is 5.54. The van der Waals surface area contributed by atoms with Crippen LogP contribution in [0.3, 0.4) is 0 Å². The zero-order valence-corrected chi connectivity index (χ0v) is 10.6. The van der Waals surface area contributed by atoms with Gasteiger partial charge in [-0.25, -0.2) is 9.97 Å². The van der Waals surface area contributed by atoms with Crippen molar-refractivity contribution in [1.29, 1.82) is 0 Å². The number of nitrogens with two attached hydrogens (primary N) is 1. The van der Waals surface area contributed by atoms with Gasteiger partial charge in [-0.2, -0.15) is 0 Å². The van der Waals surface area contributed by atoms with Gasteiger partial charge in [0.25, 0.3) is 0 Å². The monoisotopic (exact) mass is 242 g/mol. The summed E-state index contributed by atoms with van der Waals surface area (Å²) in [4.78, 5) is 8.50. The van der Waals surface area contributed by atoms with Crippen LogP contribution in [0.25, 0.3) is 0 Å². The van der Waals surface area contributed by atoms with Crippen molar-refractivity contribution >= 4 is 11.6 Å². The van der Waals surface area contributed by atoms with Crippen LogP contribution < -0.4 is 11.1 Å². The Balaban J connectivity index is 2.09. The molecule has 0 bridgehead atoms. The summed E-state index contributed by atoms with van der Waals surface area (Å²) in [5.41, 5.74) is 8.76. The molecule has 0 radical (unpaired) electrons. The van der Waals surface area contributed by atoms with E-state index in [1.54, 1.807) is 6.20 Å². The van der Waals surface area contributed by atoms with E-state index in [0.29, 0.717) is 5.95 Å². The Kier molecular flexibility index (Phi) is 4.25. The lowest BCUT2D eigenvalue weighted by molar-refractivity contribution is 0.833. The molecule has 0 unspecified atom stereocenters. The SMILES string of the molecule is Cc1ccnc(Nc2cccc(CCCN)c2)n1. The quantitative estimate of drug-likeness (QED) is 0.845. The minimum Gasteiger partial charge on any atom is -0.330 e. The van der Waals surface area contributed by atoms with Gasteiger partial charge >= 0.3 is 0 Å². The number of hydrogen-bond donors (Lipinski definition) is 2. The number of rotatable bonds is 5. The van der Waals surface area contributed by atoms with Gasteiger partial charge in [0.2, 0.25) is 5.95 Å². The second-order valence-electron chi connectivity index (χ2n) is 4.24. The van der Waals surface area contributed by atoms with Crippen LogP contribution in [-0.4, -0.2) is 16.5 Å². The van der Waals surface area contributed by atoms with E-state index in [0.717, 1.165) is 30.8 Å². The molecule has 4 nitrogen and oxygen atoms in total. The molecule has 0 amide bonds. The van der Waals surface area contributed by atoms with E-state index >= 15 is 0 Å². The van der Waals surface area contributed by atoms with Crippen LogP contribution in [0.2, 0.25) is 0 Å². The number of aryl methyl sites for hydroxylation is 2. The number of nitrogens with one attached hydrogen (secondary N) is 1. The third kappa shape index (κ3) is 3.53. The average molecular weight is 242 g/mol. The Bertz CT molecular complexity index is 511. The van der Waals surface area contributed by atoms with Crippen molar-refractivity contribution in [3.8, 4) is 0 Å². The minimum absolute atomic E-state index is 0.631. The Morgan fingerprint density at radius 2 is 2.17 bits per heavy atom. The molecular weight excluding hydrogens is 224 g/mol. The van der Waals surface area contributed by atoms with Crippen LogP contribution >= 0.6 is 0 Å². The molecule has 2 rings (SSSR count). The number of benzene rings is 1. The van der Waals surface area contributed by atoms with Crippen LogP contribution in [0.5, 0.6) is 0 Å². The van der Waals surface area contributed by atoms with Crippen LogP contribution in [0.15, 0.2) is 36.5 Å². The zero-order valence-electron chi connectivity index (χ0n) is 10.6. The molecular formula is C14H18N4. The summed E-state index contributed by atoms with van der Waals surface area (Å²) in [6.45, 7) is 2.67. The zero-order chi connectivity index (χ0) is 12.8. The van der Waals surface area contributed by atoms with Crippen LogP contribution in [0.1, 0.15) is 17.7 Å². The van der Waals surface area contributed by atoms with Crippen molar-refractivity contribution in [3.63, 3.8) is 0 Å². The van der Waals surface area contributed by atoms with Crippen LogP contribution in [0, 0.1) is 6.92 Å². The minimum atomic E-state index is 0.631. The highest BCUT2D eigenvalue weighted by Gasteiger charge is 1.99. The molecule has 1 aromatic carbocycles. The molecule has 1 heterocycles. The molecule has 0 fully saturated rings. The Labute approximate surface area is 107 Å². The molecule has 0 atom stereocenters. The highest BCUT2D eigenvalue weighted by atomic mass is 15.1. The molecule has 0 saturated carbocycles. The largest absolute Gasteiger partial charge is 0.330 e. The summed E-state index contributed by atoms with van der Waals surface area (Å²) in [5, 5.41) is 3.21. The van der Waals surface area contributed by atoms with E-state index in [2.05, 4.69) is 27.4 Å². The van der Waals surface area contributed by atoms with Gasteiger partial charge < -0.3 is 11.1 Å². The van der Waals surface area contributed by atoms with E-state index in [9.17, 15) is 0 Å². The third-order valence-corrected chi connectivity index (χ3v) is 2.65. The van der Waals surface area contributed by atoms with Crippen molar-refractivity contribution in [3.05, 3.63) is 47.8 Å². The molecule has 4 heteroatoms. The first-order valence-corrected chi connectivity index (χ1v) is 6.13. The second-order valence-corrected chi connectivity index (χ2v) is 4.24.